The fourth-order valence-electron chi connectivity index (χ4n) is 4.10. The largest absolute Gasteiger partial charge is 0.468 e. The Balaban J connectivity index is 0.00000342. The molecule has 0 aliphatic rings. The van der Waals surface area contributed by atoms with Crippen LogP contribution in [0.3, 0.4) is 0 Å². The second-order valence-electron chi connectivity index (χ2n) is 8.14. The van der Waals surface area contributed by atoms with Crippen molar-refractivity contribution < 1.29 is 22.7 Å². The van der Waals surface area contributed by atoms with E-state index in [1.165, 1.54) is 13.2 Å². The van der Waals surface area contributed by atoms with Crippen molar-refractivity contribution >= 4 is 29.3 Å². The highest BCUT2D eigenvalue weighted by Gasteiger charge is 2.30. The summed E-state index contributed by atoms with van der Waals surface area (Å²) in [5.74, 6) is -0.466. The monoisotopic (exact) mass is 502 g/mol. The van der Waals surface area contributed by atoms with Crippen molar-refractivity contribution in [3.63, 3.8) is 0 Å². The number of hydrogen-bond donors (Lipinski definition) is 1. The Morgan fingerprint density at radius 3 is 2.37 bits per heavy atom. The fraction of sp³-hybridized carbons (Fsp3) is 0.222. The number of halogens is 4. The molecule has 0 amide bonds. The number of methoxy groups -OCH3 is 1. The molecule has 0 aliphatic carbocycles. The number of para-hydroxylation sites is 1. The van der Waals surface area contributed by atoms with Gasteiger partial charge in [0.2, 0.25) is 0 Å². The van der Waals surface area contributed by atoms with Gasteiger partial charge in [-0.05, 0) is 28.8 Å². The molecule has 184 valence electrons. The van der Waals surface area contributed by atoms with Crippen LogP contribution in [0.1, 0.15) is 22.3 Å². The van der Waals surface area contributed by atoms with Gasteiger partial charge in [-0.25, -0.2) is 0 Å². The number of hydrogen-bond acceptors (Lipinski definition) is 3. The maximum atomic E-state index is 13.0. The summed E-state index contributed by atoms with van der Waals surface area (Å²) in [6.45, 7) is 0.786. The molecule has 1 heterocycles. The highest BCUT2D eigenvalue weighted by atomic mass is 35.5. The Morgan fingerprint density at radius 1 is 0.971 bits per heavy atom. The van der Waals surface area contributed by atoms with E-state index in [2.05, 4.69) is 22.0 Å². The van der Waals surface area contributed by atoms with Crippen molar-refractivity contribution in [1.82, 2.24) is 9.88 Å². The fourth-order valence-corrected chi connectivity index (χ4v) is 4.10. The minimum Gasteiger partial charge on any atom is -0.468 e. The third kappa shape index (κ3) is 6.44. The molecule has 0 saturated heterocycles. The summed E-state index contributed by atoms with van der Waals surface area (Å²) in [7, 11) is 1.31. The average molecular weight is 503 g/mol. The van der Waals surface area contributed by atoms with Crippen molar-refractivity contribution in [3.8, 4) is 0 Å². The maximum absolute atomic E-state index is 13.0. The first-order valence-corrected chi connectivity index (χ1v) is 10.9. The van der Waals surface area contributed by atoms with Crippen LogP contribution >= 0.6 is 12.4 Å². The van der Waals surface area contributed by atoms with Crippen LogP contribution in [0.25, 0.3) is 10.9 Å². The van der Waals surface area contributed by atoms with E-state index in [0.717, 1.165) is 34.2 Å². The van der Waals surface area contributed by atoms with E-state index in [9.17, 15) is 18.0 Å². The smallest absolute Gasteiger partial charge is 0.416 e. The summed E-state index contributed by atoms with van der Waals surface area (Å²) < 4.78 is 46.3. The van der Waals surface area contributed by atoms with Crippen molar-refractivity contribution in [2.24, 2.45) is 0 Å². The summed E-state index contributed by atoms with van der Waals surface area (Å²) in [6.07, 6.45) is -2.05. The van der Waals surface area contributed by atoms with Gasteiger partial charge < -0.3 is 14.6 Å². The molecule has 1 aromatic heterocycles. The Morgan fingerprint density at radius 2 is 1.66 bits per heavy atom. The number of ether oxygens (including phenoxy) is 1. The van der Waals surface area contributed by atoms with Crippen molar-refractivity contribution in [2.45, 2.75) is 31.7 Å². The number of alkyl halides is 3. The second kappa shape index (κ2) is 11.4. The summed E-state index contributed by atoms with van der Waals surface area (Å²) >= 11 is 0. The molecule has 0 saturated carbocycles. The Kier molecular flexibility index (Phi) is 8.59. The number of nitrogens with one attached hydrogen (secondary N) is 1. The topological polar surface area (TPSA) is 43.3 Å². The lowest BCUT2D eigenvalue weighted by molar-refractivity contribution is -0.143. The molecule has 35 heavy (non-hydrogen) atoms. The van der Waals surface area contributed by atoms with E-state index in [4.69, 9.17) is 4.74 Å². The summed E-state index contributed by atoms with van der Waals surface area (Å²) in [5.41, 5.74) is 2.88. The van der Waals surface area contributed by atoms with Crippen LogP contribution in [0.15, 0.2) is 85.1 Å². The predicted octanol–water partition coefficient (Wildman–Crippen LogP) is 6.00. The highest BCUT2D eigenvalue weighted by molar-refractivity contribution is 5.86. The van der Waals surface area contributed by atoms with Crippen LogP contribution < -0.4 is 5.32 Å². The van der Waals surface area contributed by atoms with E-state index in [1.807, 2.05) is 48.7 Å². The van der Waals surface area contributed by atoms with Gasteiger partial charge in [-0.1, -0.05) is 66.7 Å². The molecule has 4 nitrogen and oxygen atoms in total. The van der Waals surface area contributed by atoms with Gasteiger partial charge in [0.1, 0.15) is 6.04 Å². The molecule has 8 heteroatoms. The number of aromatic nitrogens is 1. The van der Waals surface area contributed by atoms with E-state index in [0.29, 0.717) is 18.5 Å². The Labute approximate surface area is 208 Å². The van der Waals surface area contributed by atoms with Crippen LogP contribution in [-0.2, 0) is 35.2 Å². The van der Waals surface area contributed by atoms with E-state index in [-0.39, 0.29) is 19.0 Å². The lowest BCUT2D eigenvalue weighted by atomic mass is 10.0. The minimum atomic E-state index is -4.42. The van der Waals surface area contributed by atoms with Gasteiger partial charge in [0, 0.05) is 36.6 Å². The molecule has 0 fully saturated rings. The lowest BCUT2D eigenvalue weighted by Crippen LogP contribution is -2.39. The first-order valence-electron chi connectivity index (χ1n) is 10.9. The molecule has 0 radical (unpaired) electrons. The molecule has 4 aromatic rings. The quantitative estimate of drug-likeness (QED) is 0.300. The van der Waals surface area contributed by atoms with Gasteiger partial charge in [0.15, 0.2) is 0 Å². The van der Waals surface area contributed by atoms with Gasteiger partial charge in [0.05, 0.1) is 12.7 Å². The van der Waals surface area contributed by atoms with Crippen LogP contribution in [0.4, 0.5) is 13.2 Å². The van der Waals surface area contributed by atoms with Gasteiger partial charge >= 0.3 is 12.1 Å². The second-order valence-corrected chi connectivity index (χ2v) is 8.14. The van der Waals surface area contributed by atoms with Gasteiger partial charge in [-0.3, -0.25) is 4.79 Å². The van der Waals surface area contributed by atoms with Crippen LogP contribution in [0.2, 0.25) is 0 Å². The lowest BCUT2D eigenvalue weighted by Gasteiger charge is -2.17. The maximum Gasteiger partial charge on any atom is 0.416 e. The SMILES string of the molecule is COC(=O)C(Cc1cn(Cc2ccccc2)c2ccccc12)NCc1cccc(C(F)(F)F)c1.Cl. The van der Waals surface area contributed by atoms with Gasteiger partial charge in [0.25, 0.3) is 0 Å². The first kappa shape index (κ1) is 26.3. The van der Waals surface area contributed by atoms with Gasteiger partial charge in [-0.2, -0.15) is 13.2 Å². The zero-order valence-corrected chi connectivity index (χ0v) is 19.9. The van der Waals surface area contributed by atoms with E-state index < -0.39 is 23.8 Å². The van der Waals surface area contributed by atoms with Crippen molar-refractivity contribution in [1.29, 1.82) is 0 Å². The first-order chi connectivity index (χ1) is 16.3. The molecule has 3 aromatic carbocycles. The number of fused-ring (bicyclic) bond motifs is 1. The standard InChI is InChI=1S/C27H25F3N2O2.ClH/c1-34-26(33)24(31-16-20-10-7-11-22(14-20)27(28,29)30)15-21-18-32(17-19-8-3-2-4-9-19)25-13-6-5-12-23(21)25;/h2-14,18,24,31H,15-17H2,1H3;1H. The Hall–Kier alpha value is -3.29. The van der Waals surface area contributed by atoms with Crippen LogP contribution in [-0.4, -0.2) is 23.7 Å². The number of carbonyl (C=O) groups is 1. The summed E-state index contributed by atoms with van der Waals surface area (Å²) in [5, 5.41) is 4.11. The molecular weight excluding hydrogens is 477 g/mol. The normalized spacial score (nSPS) is 12.2. The van der Waals surface area contributed by atoms with Crippen molar-refractivity contribution in [3.05, 3.63) is 107 Å². The number of nitrogens with zero attached hydrogens (tertiary/aromatic N) is 1. The molecule has 0 aliphatic heterocycles. The predicted molar refractivity (Wildman–Crippen MR) is 133 cm³/mol. The number of esters is 1. The average Bonchev–Trinajstić information content (AvgIpc) is 3.18. The number of rotatable bonds is 8. The van der Waals surface area contributed by atoms with E-state index in [1.54, 1.807) is 6.07 Å². The van der Waals surface area contributed by atoms with Crippen LogP contribution in [0.5, 0.6) is 0 Å². The third-order valence-electron chi connectivity index (χ3n) is 5.78. The zero-order chi connectivity index (χ0) is 24.1. The zero-order valence-electron chi connectivity index (χ0n) is 19.1. The van der Waals surface area contributed by atoms with Crippen LogP contribution in [0, 0.1) is 0 Å². The van der Waals surface area contributed by atoms with Gasteiger partial charge in [-0.15, -0.1) is 12.4 Å². The Bertz CT molecular complexity index is 1270. The molecule has 1 N–H and O–H groups in total. The molecule has 4 rings (SSSR count). The molecule has 1 unspecified atom stereocenters. The van der Waals surface area contributed by atoms with Crippen molar-refractivity contribution in [2.75, 3.05) is 7.11 Å². The molecular formula is C27H26ClF3N2O2. The minimum absolute atomic E-state index is 0. The summed E-state index contributed by atoms with van der Waals surface area (Å²) in [6, 6.07) is 22.4. The van der Waals surface area contributed by atoms with E-state index >= 15 is 0 Å². The molecule has 0 spiro atoms. The molecule has 1 atom stereocenters. The molecule has 0 bridgehead atoms. The number of benzene rings is 3. The third-order valence-corrected chi connectivity index (χ3v) is 5.78. The highest BCUT2D eigenvalue weighted by Crippen LogP contribution is 2.29. The number of carbonyl (C=O) groups excluding carboxylic acids is 1. The summed E-state index contributed by atoms with van der Waals surface area (Å²) in [4.78, 5) is 12.5.